The molecular weight excluding hydrogens is 334 g/mol. The maximum atomic E-state index is 13.8. The monoisotopic (exact) mass is 346 g/mol. The first-order chi connectivity index (χ1) is 11.9. The van der Waals surface area contributed by atoms with Gasteiger partial charge in [-0.2, -0.15) is 5.10 Å². The lowest BCUT2D eigenvalue weighted by atomic mass is 10.3. The second-order valence-corrected chi connectivity index (χ2v) is 5.24. The minimum atomic E-state index is -0.776. The van der Waals surface area contributed by atoms with Crippen molar-refractivity contribution in [2.24, 2.45) is 0 Å². The van der Waals surface area contributed by atoms with Crippen molar-refractivity contribution in [2.45, 2.75) is 13.8 Å². The Morgan fingerprint density at radius 1 is 1.20 bits per heavy atom. The van der Waals surface area contributed by atoms with Crippen LogP contribution >= 0.6 is 0 Å². The number of nitro groups is 1. The zero-order valence-electron chi connectivity index (χ0n) is 13.2. The molecule has 2 aromatic heterocycles. The Morgan fingerprint density at radius 3 is 2.60 bits per heavy atom. The van der Waals surface area contributed by atoms with Gasteiger partial charge in [0.15, 0.2) is 0 Å². The van der Waals surface area contributed by atoms with Gasteiger partial charge < -0.3 is 5.32 Å². The van der Waals surface area contributed by atoms with Crippen LogP contribution in [0.5, 0.6) is 0 Å². The first-order valence-electron chi connectivity index (χ1n) is 7.12. The fourth-order valence-electron chi connectivity index (χ4n) is 2.35. The third kappa shape index (κ3) is 3.13. The van der Waals surface area contributed by atoms with E-state index in [9.17, 15) is 18.9 Å². The first-order valence-corrected chi connectivity index (χ1v) is 7.12. The summed E-state index contributed by atoms with van der Waals surface area (Å²) >= 11 is 0. The van der Waals surface area contributed by atoms with Crippen LogP contribution in [-0.4, -0.2) is 24.7 Å². The molecule has 0 aliphatic rings. The van der Waals surface area contributed by atoms with Crippen molar-refractivity contribution >= 4 is 17.2 Å². The lowest BCUT2D eigenvalue weighted by molar-refractivity contribution is -0.384. The average Bonchev–Trinajstić information content (AvgIpc) is 2.89. The number of anilines is 2. The molecule has 0 atom stereocenters. The normalized spacial score (nSPS) is 10.7. The van der Waals surface area contributed by atoms with Gasteiger partial charge in [0.2, 0.25) is 11.6 Å². The van der Waals surface area contributed by atoms with Crippen molar-refractivity contribution in [3.63, 3.8) is 0 Å². The summed E-state index contributed by atoms with van der Waals surface area (Å²) in [5.74, 6) is -1.82. The Balaban J connectivity index is 2.15. The number of halogens is 2. The minimum Gasteiger partial charge on any atom is -0.332 e. The van der Waals surface area contributed by atoms with E-state index < -0.39 is 22.2 Å². The summed E-state index contributed by atoms with van der Waals surface area (Å²) in [5.41, 5.74) is 0.497. The second-order valence-electron chi connectivity index (χ2n) is 5.24. The zero-order chi connectivity index (χ0) is 18.1. The van der Waals surface area contributed by atoms with Gasteiger partial charge in [-0.3, -0.25) is 10.1 Å². The molecule has 0 fully saturated rings. The van der Waals surface area contributed by atoms with Gasteiger partial charge in [-0.05, 0) is 32.0 Å². The molecular formula is C15H12F2N6O2. The molecule has 10 heteroatoms. The van der Waals surface area contributed by atoms with Crippen LogP contribution < -0.4 is 5.32 Å². The molecule has 0 aliphatic heterocycles. The molecule has 1 N–H and O–H groups in total. The maximum absolute atomic E-state index is 13.8. The summed E-state index contributed by atoms with van der Waals surface area (Å²) < 4.78 is 28.4. The van der Waals surface area contributed by atoms with E-state index in [0.717, 1.165) is 24.5 Å². The van der Waals surface area contributed by atoms with E-state index in [2.05, 4.69) is 20.4 Å². The average molecular weight is 346 g/mol. The van der Waals surface area contributed by atoms with Gasteiger partial charge in [0.05, 0.1) is 16.3 Å². The largest absolute Gasteiger partial charge is 0.355 e. The molecule has 0 saturated heterocycles. The fourth-order valence-corrected chi connectivity index (χ4v) is 2.35. The topological polar surface area (TPSA) is 98.8 Å². The number of nitrogens with zero attached hydrogens (tertiary/aromatic N) is 5. The highest BCUT2D eigenvalue weighted by Crippen LogP contribution is 2.31. The van der Waals surface area contributed by atoms with Crippen molar-refractivity contribution in [2.75, 3.05) is 5.32 Å². The Kier molecular flexibility index (Phi) is 4.09. The Morgan fingerprint density at radius 2 is 1.96 bits per heavy atom. The van der Waals surface area contributed by atoms with Crippen LogP contribution in [0.2, 0.25) is 0 Å². The van der Waals surface area contributed by atoms with E-state index in [1.54, 1.807) is 19.9 Å². The van der Waals surface area contributed by atoms with E-state index in [4.69, 9.17) is 0 Å². The third-order valence-corrected chi connectivity index (χ3v) is 3.38. The summed E-state index contributed by atoms with van der Waals surface area (Å²) in [4.78, 5) is 18.6. The molecule has 25 heavy (non-hydrogen) atoms. The molecule has 8 nitrogen and oxygen atoms in total. The lowest BCUT2D eigenvalue weighted by Crippen LogP contribution is -2.10. The van der Waals surface area contributed by atoms with Crippen LogP contribution in [-0.2, 0) is 0 Å². The molecule has 0 amide bonds. The number of hydrogen-bond donors (Lipinski definition) is 1. The molecule has 0 unspecified atom stereocenters. The quantitative estimate of drug-likeness (QED) is 0.575. The van der Waals surface area contributed by atoms with Crippen LogP contribution in [0.3, 0.4) is 0 Å². The smallest absolute Gasteiger partial charge is 0.332 e. The molecule has 0 bridgehead atoms. The lowest BCUT2D eigenvalue weighted by Gasteiger charge is -2.10. The molecule has 1 aromatic carbocycles. The Hall–Kier alpha value is -3.43. The van der Waals surface area contributed by atoms with Crippen LogP contribution in [0.4, 0.5) is 26.0 Å². The summed E-state index contributed by atoms with van der Waals surface area (Å²) in [6, 6.07) is 4.46. The van der Waals surface area contributed by atoms with Crippen LogP contribution in [0, 0.1) is 35.6 Å². The van der Waals surface area contributed by atoms with Crippen molar-refractivity contribution in [3.8, 4) is 5.82 Å². The molecule has 3 rings (SSSR count). The number of nitrogens with one attached hydrogen (secondary N) is 1. The predicted molar refractivity (Wildman–Crippen MR) is 84.9 cm³/mol. The summed E-state index contributed by atoms with van der Waals surface area (Å²) in [6.07, 6.45) is 1.08. The first kappa shape index (κ1) is 16.4. The zero-order valence-corrected chi connectivity index (χ0v) is 13.2. The third-order valence-electron chi connectivity index (χ3n) is 3.38. The Labute approximate surface area is 140 Å². The summed E-state index contributed by atoms with van der Waals surface area (Å²) in [6.45, 7) is 3.45. The van der Waals surface area contributed by atoms with Gasteiger partial charge in [0.1, 0.15) is 18.0 Å². The van der Waals surface area contributed by atoms with Gasteiger partial charge in [-0.15, -0.1) is 0 Å². The standard InChI is InChI=1S/C15H12F2N6O2/c1-8-5-9(2)22(21-8)15-13(23(24)25)14(18-7-19-15)20-12-6-10(16)3-4-11(12)17/h3-7H,1-2H3,(H,18,19,20). The number of aryl methyl sites for hydroxylation is 2. The van der Waals surface area contributed by atoms with Gasteiger partial charge >= 0.3 is 5.69 Å². The molecule has 0 aliphatic carbocycles. The van der Waals surface area contributed by atoms with E-state index >= 15 is 0 Å². The number of rotatable bonds is 4. The number of hydrogen-bond acceptors (Lipinski definition) is 6. The van der Waals surface area contributed by atoms with E-state index in [-0.39, 0.29) is 17.3 Å². The van der Waals surface area contributed by atoms with Gasteiger partial charge in [-0.1, -0.05) is 0 Å². The summed E-state index contributed by atoms with van der Waals surface area (Å²) in [7, 11) is 0. The van der Waals surface area contributed by atoms with E-state index in [1.165, 1.54) is 4.68 Å². The van der Waals surface area contributed by atoms with E-state index in [0.29, 0.717) is 11.4 Å². The van der Waals surface area contributed by atoms with Crippen LogP contribution in [0.25, 0.3) is 5.82 Å². The molecule has 0 saturated carbocycles. The predicted octanol–water partition coefficient (Wildman–Crippen LogP) is 3.21. The molecule has 0 spiro atoms. The van der Waals surface area contributed by atoms with Crippen molar-refractivity contribution in [1.82, 2.24) is 19.7 Å². The summed E-state index contributed by atoms with van der Waals surface area (Å²) in [5, 5.41) is 18.2. The second kappa shape index (κ2) is 6.23. The highest BCUT2D eigenvalue weighted by Gasteiger charge is 2.26. The van der Waals surface area contributed by atoms with Crippen LogP contribution in [0.15, 0.2) is 30.6 Å². The van der Waals surface area contributed by atoms with Crippen molar-refractivity contribution < 1.29 is 13.7 Å². The van der Waals surface area contributed by atoms with Gasteiger partial charge in [0.25, 0.3) is 0 Å². The van der Waals surface area contributed by atoms with Crippen molar-refractivity contribution in [1.29, 1.82) is 0 Å². The molecule has 0 radical (unpaired) electrons. The fraction of sp³-hybridized carbons (Fsp3) is 0.133. The van der Waals surface area contributed by atoms with Crippen LogP contribution in [0.1, 0.15) is 11.4 Å². The SMILES string of the molecule is Cc1cc(C)n(-c2ncnc(Nc3cc(F)ccc3F)c2[N+](=O)[O-])n1. The van der Waals surface area contributed by atoms with E-state index in [1.807, 2.05) is 0 Å². The molecule has 3 aromatic rings. The molecule has 128 valence electrons. The highest BCUT2D eigenvalue weighted by atomic mass is 19.1. The highest BCUT2D eigenvalue weighted by molar-refractivity contribution is 5.70. The van der Waals surface area contributed by atoms with Gasteiger partial charge in [-0.25, -0.2) is 23.4 Å². The minimum absolute atomic E-state index is 0.0788. The Bertz CT molecular complexity index is 973. The molecule has 2 heterocycles. The maximum Gasteiger partial charge on any atom is 0.355 e. The number of benzene rings is 1. The van der Waals surface area contributed by atoms with Crippen molar-refractivity contribution in [3.05, 3.63) is 63.7 Å². The van der Waals surface area contributed by atoms with Gasteiger partial charge in [0, 0.05) is 11.8 Å². The number of aromatic nitrogens is 4.